The molecule has 5 nitrogen and oxygen atoms in total. The number of aromatic nitrogens is 3. The maximum Gasteiger partial charge on any atom is 0.247 e. The van der Waals surface area contributed by atoms with Crippen molar-refractivity contribution in [1.82, 2.24) is 15.2 Å². The molecule has 26 heavy (non-hydrogen) atoms. The van der Waals surface area contributed by atoms with E-state index in [-0.39, 0.29) is 5.82 Å². The van der Waals surface area contributed by atoms with Crippen LogP contribution in [0.3, 0.4) is 0 Å². The van der Waals surface area contributed by atoms with E-state index < -0.39 is 6.23 Å². The number of halogens is 1. The number of para-hydroxylation sites is 1. The molecule has 4 rings (SSSR count). The van der Waals surface area contributed by atoms with Gasteiger partial charge in [0.25, 0.3) is 0 Å². The lowest BCUT2D eigenvalue weighted by Gasteiger charge is -2.19. The first-order chi connectivity index (χ1) is 12.7. The molecule has 0 radical (unpaired) electrons. The lowest BCUT2D eigenvalue weighted by atomic mass is 10.1. The molecular weight excluding hydrogens is 351 g/mol. The number of hydrogen-bond donors (Lipinski definition) is 1. The zero-order chi connectivity index (χ0) is 17.9. The number of rotatable bonds is 4. The molecule has 1 unspecified atom stereocenters. The number of ether oxygens (including phenoxy) is 1. The fourth-order valence-corrected chi connectivity index (χ4v) is 3.32. The lowest BCUT2D eigenvalue weighted by molar-refractivity contribution is 0.225. The minimum atomic E-state index is -0.501. The Morgan fingerprint density at radius 2 is 1.92 bits per heavy atom. The van der Waals surface area contributed by atoms with E-state index in [0.29, 0.717) is 16.7 Å². The molecule has 7 heteroatoms. The average Bonchev–Trinajstić information content (AvgIpc) is 2.83. The molecule has 1 aromatic heterocycles. The largest absolute Gasteiger partial charge is 0.448 e. The normalized spacial score (nSPS) is 15.2. The number of anilines is 1. The maximum atomic E-state index is 13.3. The van der Waals surface area contributed by atoms with E-state index >= 15 is 0 Å². The quantitative estimate of drug-likeness (QED) is 0.675. The van der Waals surface area contributed by atoms with E-state index in [1.54, 1.807) is 23.9 Å². The number of benzene rings is 2. The third kappa shape index (κ3) is 3.35. The van der Waals surface area contributed by atoms with Crippen molar-refractivity contribution < 1.29 is 9.13 Å². The van der Waals surface area contributed by atoms with E-state index in [4.69, 9.17) is 4.74 Å². The first kappa shape index (κ1) is 16.8. The number of nitrogens with one attached hydrogen (secondary N) is 1. The second kappa shape index (κ2) is 7.29. The molecule has 0 saturated heterocycles. The van der Waals surface area contributed by atoms with Gasteiger partial charge in [0.05, 0.1) is 0 Å². The van der Waals surface area contributed by atoms with Crippen molar-refractivity contribution in [2.75, 3.05) is 11.1 Å². The highest BCUT2D eigenvalue weighted by molar-refractivity contribution is 7.99. The van der Waals surface area contributed by atoms with Gasteiger partial charge in [0.2, 0.25) is 11.0 Å². The van der Waals surface area contributed by atoms with Crippen molar-refractivity contribution in [3.8, 4) is 17.1 Å². The SMILES string of the molecule is CCCSc1nnc2c(n1)OC(c1ccc(F)cc1)Nc1ccccc1-2. The van der Waals surface area contributed by atoms with Crippen LogP contribution in [0.5, 0.6) is 5.88 Å². The van der Waals surface area contributed by atoms with Gasteiger partial charge < -0.3 is 10.1 Å². The highest BCUT2D eigenvalue weighted by Gasteiger charge is 2.25. The van der Waals surface area contributed by atoms with Gasteiger partial charge in [-0.15, -0.1) is 10.2 Å². The van der Waals surface area contributed by atoms with Gasteiger partial charge in [-0.1, -0.05) is 49.0 Å². The summed E-state index contributed by atoms with van der Waals surface area (Å²) in [5, 5.41) is 12.5. The molecule has 1 atom stereocenters. The summed E-state index contributed by atoms with van der Waals surface area (Å²) in [5.41, 5.74) is 3.14. The van der Waals surface area contributed by atoms with Gasteiger partial charge in [-0.2, -0.15) is 4.98 Å². The summed E-state index contributed by atoms with van der Waals surface area (Å²) in [7, 11) is 0. The molecule has 0 saturated carbocycles. The zero-order valence-corrected chi connectivity index (χ0v) is 15.0. The first-order valence-corrected chi connectivity index (χ1v) is 9.38. The Balaban J connectivity index is 1.78. The van der Waals surface area contributed by atoms with Crippen LogP contribution in [0.25, 0.3) is 11.3 Å². The molecule has 0 aliphatic carbocycles. The number of thioether (sulfide) groups is 1. The van der Waals surface area contributed by atoms with E-state index in [0.717, 1.165) is 29.0 Å². The molecule has 2 aromatic carbocycles. The van der Waals surface area contributed by atoms with Crippen molar-refractivity contribution >= 4 is 17.4 Å². The minimum absolute atomic E-state index is 0.287. The van der Waals surface area contributed by atoms with E-state index in [1.165, 1.54) is 12.1 Å². The molecule has 3 aromatic rings. The topological polar surface area (TPSA) is 59.9 Å². The lowest BCUT2D eigenvalue weighted by Crippen LogP contribution is -2.17. The summed E-state index contributed by atoms with van der Waals surface area (Å²) in [6, 6.07) is 14.0. The predicted octanol–water partition coefficient (Wildman–Crippen LogP) is 4.68. The fraction of sp³-hybridized carbons (Fsp3) is 0.211. The zero-order valence-electron chi connectivity index (χ0n) is 14.1. The van der Waals surface area contributed by atoms with Crippen molar-refractivity contribution in [3.63, 3.8) is 0 Å². The standard InChI is InChI=1S/C19H17FN4OS/c1-2-11-26-19-22-18-16(23-24-19)14-5-3-4-6-15(14)21-17(25-18)12-7-9-13(20)10-8-12/h3-10,17,21H,2,11H2,1H3. The Morgan fingerprint density at radius 1 is 1.12 bits per heavy atom. The van der Waals surface area contributed by atoms with Gasteiger partial charge in [0.1, 0.15) is 5.82 Å². The Labute approximate surface area is 155 Å². The Bertz CT molecular complexity index is 920. The molecule has 1 aliphatic heterocycles. The average molecular weight is 368 g/mol. The second-order valence-electron chi connectivity index (χ2n) is 5.84. The Hall–Kier alpha value is -2.67. The number of fused-ring (bicyclic) bond motifs is 3. The first-order valence-electron chi connectivity index (χ1n) is 8.40. The second-order valence-corrected chi connectivity index (χ2v) is 6.90. The predicted molar refractivity (Wildman–Crippen MR) is 99.7 cm³/mol. The van der Waals surface area contributed by atoms with Gasteiger partial charge in [-0.25, -0.2) is 4.39 Å². The van der Waals surface area contributed by atoms with Crippen molar-refractivity contribution in [1.29, 1.82) is 0 Å². The summed E-state index contributed by atoms with van der Waals surface area (Å²) in [5.74, 6) is 1.05. The highest BCUT2D eigenvalue weighted by atomic mass is 32.2. The Morgan fingerprint density at radius 3 is 2.73 bits per heavy atom. The van der Waals surface area contributed by atoms with Crippen LogP contribution in [0.4, 0.5) is 10.1 Å². The number of hydrogen-bond acceptors (Lipinski definition) is 6. The van der Waals surface area contributed by atoms with Gasteiger partial charge >= 0.3 is 0 Å². The fourth-order valence-electron chi connectivity index (χ4n) is 2.69. The molecule has 0 amide bonds. The molecular formula is C19H17FN4OS. The van der Waals surface area contributed by atoms with Crippen molar-refractivity contribution in [3.05, 3.63) is 59.9 Å². The smallest absolute Gasteiger partial charge is 0.247 e. The van der Waals surface area contributed by atoms with Crippen LogP contribution in [-0.2, 0) is 0 Å². The van der Waals surface area contributed by atoms with Crippen LogP contribution in [0.15, 0.2) is 53.7 Å². The van der Waals surface area contributed by atoms with Gasteiger partial charge in [-0.05, 0) is 24.6 Å². The maximum absolute atomic E-state index is 13.3. The molecule has 0 fully saturated rings. The molecule has 2 heterocycles. The van der Waals surface area contributed by atoms with Crippen LogP contribution >= 0.6 is 11.8 Å². The molecule has 1 N–H and O–H groups in total. The monoisotopic (exact) mass is 368 g/mol. The molecule has 132 valence electrons. The van der Waals surface area contributed by atoms with Crippen LogP contribution < -0.4 is 10.1 Å². The summed E-state index contributed by atoms with van der Waals surface area (Å²) < 4.78 is 19.4. The van der Waals surface area contributed by atoms with Crippen LogP contribution in [0.2, 0.25) is 0 Å². The highest BCUT2D eigenvalue weighted by Crippen LogP contribution is 2.39. The van der Waals surface area contributed by atoms with E-state index in [1.807, 2.05) is 24.3 Å². The van der Waals surface area contributed by atoms with Crippen LogP contribution in [0.1, 0.15) is 25.1 Å². The van der Waals surface area contributed by atoms with Gasteiger partial charge in [0.15, 0.2) is 11.9 Å². The van der Waals surface area contributed by atoms with Crippen molar-refractivity contribution in [2.45, 2.75) is 24.7 Å². The van der Waals surface area contributed by atoms with Gasteiger partial charge in [0, 0.05) is 22.6 Å². The third-order valence-electron chi connectivity index (χ3n) is 3.94. The summed E-state index contributed by atoms with van der Waals surface area (Å²) in [4.78, 5) is 4.56. The van der Waals surface area contributed by atoms with E-state index in [9.17, 15) is 4.39 Å². The molecule has 0 spiro atoms. The third-order valence-corrected chi connectivity index (χ3v) is 4.99. The van der Waals surface area contributed by atoms with Crippen molar-refractivity contribution in [2.24, 2.45) is 0 Å². The summed E-state index contributed by atoms with van der Waals surface area (Å²) >= 11 is 1.55. The van der Waals surface area contributed by atoms with Crippen LogP contribution in [-0.4, -0.2) is 20.9 Å². The number of nitrogens with zero attached hydrogens (tertiary/aromatic N) is 3. The van der Waals surface area contributed by atoms with E-state index in [2.05, 4.69) is 27.4 Å². The molecule has 0 bridgehead atoms. The molecule has 1 aliphatic rings. The minimum Gasteiger partial charge on any atom is -0.448 e. The van der Waals surface area contributed by atoms with Gasteiger partial charge in [-0.3, -0.25) is 0 Å². The van der Waals surface area contributed by atoms with Crippen LogP contribution in [0, 0.1) is 5.82 Å². The Kier molecular flexibility index (Phi) is 4.71. The summed E-state index contributed by atoms with van der Waals surface area (Å²) in [6.45, 7) is 2.10. The summed E-state index contributed by atoms with van der Waals surface area (Å²) in [6.07, 6.45) is 0.521.